The second-order valence-electron chi connectivity index (χ2n) is 9.17. The number of hydrogen-bond donors (Lipinski definition) is 0. The summed E-state index contributed by atoms with van der Waals surface area (Å²) in [6.07, 6.45) is 1.95. The summed E-state index contributed by atoms with van der Waals surface area (Å²) in [7, 11) is -2.70. The summed E-state index contributed by atoms with van der Waals surface area (Å²) in [5, 5.41) is 2.30. The number of ether oxygens (including phenoxy) is 1. The Balaban J connectivity index is 1.77. The molecule has 7 heteroatoms. The van der Waals surface area contributed by atoms with Gasteiger partial charge < -0.3 is 13.7 Å². The van der Waals surface area contributed by atoms with Crippen LogP contribution in [-0.2, 0) is 22.3 Å². The number of carbonyl (C=O) groups excluding carboxylic acids is 1. The normalized spacial score (nSPS) is 16.6. The molecule has 0 unspecified atom stereocenters. The first-order chi connectivity index (χ1) is 15.4. The number of halogens is 1. The Morgan fingerprint density at radius 2 is 1.69 bits per heavy atom. The van der Waals surface area contributed by atoms with Gasteiger partial charge in [-0.25, -0.2) is 4.98 Å². The van der Waals surface area contributed by atoms with Gasteiger partial charge in [-0.3, -0.25) is 4.79 Å². The Bertz CT molecular complexity index is 1020. The van der Waals surface area contributed by atoms with Gasteiger partial charge in [0.05, 0.1) is 19.3 Å². The van der Waals surface area contributed by atoms with Gasteiger partial charge in [-0.05, 0) is 37.8 Å². The predicted octanol–water partition coefficient (Wildman–Crippen LogP) is 4.32. The topological polar surface area (TPSA) is 53.3 Å². The van der Waals surface area contributed by atoms with Crippen LogP contribution in [0.15, 0.2) is 65.3 Å². The Morgan fingerprint density at radius 1 is 1.12 bits per heavy atom. The number of aromatic nitrogens is 2. The second-order valence-corrected chi connectivity index (χ2v) is 14.2. The van der Waals surface area contributed by atoms with Crippen LogP contribution in [0.5, 0.6) is 0 Å². The number of hydrogen-bond acceptors (Lipinski definition) is 4. The molecule has 1 aliphatic rings. The summed E-state index contributed by atoms with van der Waals surface area (Å²) in [6, 6.07) is 21.1. The Hall–Kier alpha value is -2.06. The van der Waals surface area contributed by atoms with E-state index in [0.29, 0.717) is 23.4 Å². The number of benzene rings is 2. The first kappa shape index (κ1) is 23.1. The lowest BCUT2D eigenvalue weighted by atomic mass is 10.2. The molecular weight excluding hydrogens is 484 g/mol. The molecule has 1 fully saturated rings. The molecule has 32 heavy (non-hydrogen) atoms. The number of rotatable bonds is 8. The molecular formula is C25H29BrN2O3Si. The lowest BCUT2D eigenvalue weighted by molar-refractivity contribution is -0.0599. The maximum Gasteiger partial charge on any atom is 0.261 e. The highest BCUT2D eigenvalue weighted by Gasteiger charge is 2.50. The summed E-state index contributed by atoms with van der Waals surface area (Å²) in [5.74, 6) is 0.738. The highest BCUT2D eigenvalue weighted by molar-refractivity contribution is 9.10. The van der Waals surface area contributed by atoms with E-state index in [-0.39, 0.29) is 11.1 Å². The Labute approximate surface area is 199 Å². The lowest BCUT2D eigenvalue weighted by Gasteiger charge is -2.43. The number of imidazole rings is 1. The fourth-order valence-corrected chi connectivity index (χ4v) is 9.49. The van der Waals surface area contributed by atoms with E-state index in [4.69, 9.17) is 9.16 Å². The maximum absolute atomic E-state index is 11.8. The Morgan fingerprint density at radius 3 is 2.12 bits per heavy atom. The molecule has 0 saturated carbocycles. The predicted molar refractivity (Wildman–Crippen MR) is 132 cm³/mol. The number of nitrogens with zero attached hydrogens (tertiary/aromatic N) is 2. The highest BCUT2D eigenvalue weighted by Crippen LogP contribution is 2.37. The minimum absolute atomic E-state index is 0.112. The van der Waals surface area contributed by atoms with Gasteiger partial charge in [0.15, 0.2) is 6.29 Å². The van der Waals surface area contributed by atoms with Crippen molar-refractivity contribution in [2.45, 2.75) is 51.5 Å². The van der Waals surface area contributed by atoms with Crippen LogP contribution >= 0.6 is 15.9 Å². The molecule has 1 saturated heterocycles. The average molecular weight is 514 g/mol. The number of aldehydes is 1. The van der Waals surface area contributed by atoms with Crippen LogP contribution in [0.1, 0.15) is 43.5 Å². The summed E-state index contributed by atoms with van der Waals surface area (Å²) >= 11 is 3.46. The first-order valence-corrected chi connectivity index (χ1v) is 13.6. The van der Waals surface area contributed by atoms with Crippen molar-refractivity contribution in [1.29, 1.82) is 0 Å². The van der Waals surface area contributed by atoms with Crippen molar-refractivity contribution < 1.29 is 14.0 Å². The van der Waals surface area contributed by atoms with Crippen LogP contribution in [0.3, 0.4) is 0 Å². The van der Waals surface area contributed by atoms with Crippen LogP contribution in [0.4, 0.5) is 0 Å². The van der Waals surface area contributed by atoms with Gasteiger partial charge in [0.1, 0.15) is 16.1 Å². The van der Waals surface area contributed by atoms with Crippen molar-refractivity contribution in [3.05, 3.63) is 76.8 Å². The molecule has 0 bridgehead atoms. The van der Waals surface area contributed by atoms with Gasteiger partial charge in [-0.1, -0.05) is 81.4 Å². The van der Waals surface area contributed by atoms with Crippen molar-refractivity contribution in [3.63, 3.8) is 0 Å². The third kappa shape index (κ3) is 4.27. The molecule has 0 amide bonds. The van der Waals surface area contributed by atoms with Crippen LogP contribution in [-0.4, -0.2) is 36.9 Å². The van der Waals surface area contributed by atoms with E-state index in [1.807, 2.05) is 16.7 Å². The smallest absolute Gasteiger partial charge is 0.261 e. The van der Waals surface area contributed by atoms with E-state index in [1.54, 1.807) is 0 Å². The van der Waals surface area contributed by atoms with E-state index >= 15 is 0 Å². The molecule has 0 spiro atoms. The Kier molecular flexibility index (Phi) is 6.81. The van der Waals surface area contributed by atoms with Crippen LogP contribution in [0.2, 0.25) is 5.04 Å². The second kappa shape index (κ2) is 9.43. The van der Waals surface area contributed by atoms with E-state index < -0.39 is 8.32 Å². The monoisotopic (exact) mass is 512 g/mol. The van der Waals surface area contributed by atoms with Crippen molar-refractivity contribution in [2.24, 2.45) is 0 Å². The third-order valence-corrected chi connectivity index (χ3v) is 11.7. The van der Waals surface area contributed by atoms with E-state index in [2.05, 4.69) is 90.2 Å². The molecule has 0 radical (unpaired) electrons. The third-order valence-electron chi connectivity index (χ3n) is 6.17. The van der Waals surface area contributed by atoms with Crippen LogP contribution in [0.25, 0.3) is 0 Å². The minimum atomic E-state index is -2.70. The average Bonchev–Trinajstić information content (AvgIpc) is 3.06. The van der Waals surface area contributed by atoms with Crippen molar-refractivity contribution in [2.75, 3.05) is 6.61 Å². The molecule has 168 valence electrons. The number of carbonyl (C=O) groups is 1. The van der Waals surface area contributed by atoms with Crippen molar-refractivity contribution >= 4 is 40.9 Å². The van der Waals surface area contributed by atoms with Gasteiger partial charge >= 0.3 is 0 Å². The van der Waals surface area contributed by atoms with E-state index in [9.17, 15) is 4.79 Å². The lowest BCUT2D eigenvalue weighted by Crippen LogP contribution is -2.66. The summed E-state index contributed by atoms with van der Waals surface area (Å²) in [4.78, 5) is 16.4. The molecule has 1 aromatic heterocycles. The van der Waals surface area contributed by atoms with Gasteiger partial charge in [0, 0.05) is 6.61 Å². The summed E-state index contributed by atoms with van der Waals surface area (Å²) in [6.45, 7) is 8.44. The SMILES string of the molecule is CC(C)(C)[Si](OCc1nc(Br)c(C=O)n1C[C@@H]1CCO1)(c1ccccc1)c1ccccc1. The molecule has 0 N–H and O–H groups in total. The van der Waals surface area contributed by atoms with Crippen LogP contribution in [0, 0.1) is 0 Å². The maximum atomic E-state index is 11.8. The molecule has 2 heterocycles. The van der Waals surface area contributed by atoms with Gasteiger partial charge in [-0.2, -0.15) is 0 Å². The summed E-state index contributed by atoms with van der Waals surface area (Å²) in [5.41, 5.74) is 0.529. The molecule has 1 aliphatic heterocycles. The standard InChI is InChI=1S/C25H29BrN2O3Si/c1-25(2,3)32(20-10-6-4-7-11-20,21-12-8-5-9-13-21)31-18-23-27-24(26)22(17-29)28(23)16-19-14-15-30-19/h4-13,17,19H,14-16,18H2,1-3H3/t19-/m0/s1. The van der Waals surface area contributed by atoms with Crippen molar-refractivity contribution in [3.8, 4) is 0 Å². The molecule has 3 aromatic rings. The fraction of sp³-hybridized carbons (Fsp3) is 0.360. The van der Waals surface area contributed by atoms with E-state index in [1.165, 1.54) is 10.4 Å². The molecule has 2 aromatic carbocycles. The molecule has 0 aliphatic carbocycles. The quantitative estimate of drug-likeness (QED) is 0.333. The largest absolute Gasteiger partial charge is 0.400 e. The molecule has 4 rings (SSSR count). The zero-order valence-corrected chi connectivity index (χ0v) is 21.3. The highest BCUT2D eigenvalue weighted by atomic mass is 79.9. The minimum Gasteiger partial charge on any atom is -0.400 e. The molecule has 1 atom stereocenters. The van der Waals surface area contributed by atoms with E-state index in [0.717, 1.165) is 25.1 Å². The van der Waals surface area contributed by atoms with Gasteiger partial charge in [-0.15, -0.1) is 0 Å². The van der Waals surface area contributed by atoms with Gasteiger partial charge in [0.2, 0.25) is 0 Å². The van der Waals surface area contributed by atoms with Gasteiger partial charge in [0.25, 0.3) is 8.32 Å². The van der Waals surface area contributed by atoms with Crippen molar-refractivity contribution in [1.82, 2.24) is 9.55 Å². The molecule has 5 nitrogen and oxygen atoms in total. The summed E-state index contributed by atoms with van der Waals surface area (Å²) < 4.78 is 15.1. The fourth-order valence-electron chi connectivity index (χ4n) is 4.47. The zero-order chi connectivity index (χ0) is 22.8. The zero-order valence-electron chi connectivity index (χ0n) is 18.8. The van der Waals surface area contributed by atoms with Crippen LogP contribution < -0.4 is 10.4 Å². The first-order valence-electron chi connectivity index (χ1n) is 10.9.